The fraction of sp³-hybridized carbons (Fsp3) is 0.259. The maximum absolute atomic E-state index is 4.57. The molecule has 0 aliphatic heterocycles. The molecule has 0 spiro atoms. The van der Waals surface area contributed by atoms with Crippen LogP contribution in [-0.2, 0) is 17.1 Å². The standard InChI is InChI=1S/C15H11N2.C12H17.ClH.Fe.H3N/c1-3-13-9-8-12-7-6-11-5-4-10(2)16-14(11)15(12)17-13;1-9(2)11-6-5-7-12(8-11)10(3)4;;;/h4-9H,1H2,2H3;5-7,9-10H,1-4H3;1H;;1H3/q2*-1;;+2;. The summed E-state index contributed by atoms with van der Waals surface area (Å²) in [5.74, 6) is 1.17. The van der Waals surface area contributed by atoms with E-state index in [9.17, 15) is 0 Å². The third-order valence-electron chi connectivity index (χ3n) is 4.92. The SMILES string of the molecule is C=[C-]c1ccc2ccc3ccc(C)nc3c2n1.CC(C)c1[c-]c(C(C)C)ccc1.Cl.N.[Fe+2]. The molecule has 0 atom stereocenters. The minimum Gasteiger partial charge on any atom is -0.344 e. The minimum atomic E-state index is 0. The minimum absolute atomic E-state index is 0. The number of fused-ring (bicyclic) bond motifs is 3. The second-order valence-corrected chi connectivity index (χ2v) is 7.91. The molecule has 4 aromatic rings. The van der Waals surface area contributed by atoms with Gasteiger partial charge in [0.05, 0.1) is 11.0 Å². The van der Waals surface area contributed by atoms with E-state index in [0.717, 1.165) is 33.2 Å². The third-order valence-corrected chi connectivity index (χ3v) is 4.92. The molecule has 2 heterocycles. The molecule has 0 radical (unpaired) electrons. The van der Waals surface area contributed by atoms with Crippen LogP contribution in [0, 0.1) is 19.1 Å². The van der Waals surface area contributed by atoms with Crippen molar-refractivity contribution in [2.75, 3.05) is 0 Å². The molecule has 0 saturated heterocycles. The molecule has 0 aliphatic carbocycles. The molecule has 2 aromatic heterocycles. The van der Waals surface area contributed by atoms with E-state index in [2.05, 4.69) is 92.8 Å². The van der Waals surface area contributed by atoms with E-state index in [0.29, 0.717) is 11.8 Å². The Morgan fingerprint density at radius 1 is 0.781 bits per heavy atom. The Hall–Kier alpha value is -2.23. The predicted octanol–water partition coefficient (Wildman–Crippen LogP) is 7.74. The Balaban J connectivity index is 0.000000579. The number of hydrogen-bond donors (Lipinski definition) is 1. The summed E-state index contributed by atoms with van der Waals surface area (Å²) in [5, 5.41) is 2.20. The molecule has 2 aromatic carbocycles. The number of aryl methyl sites for hydroxylation is 1. The van der Waals surface area contributed by atoms with Crippen molar-refractivity contribution in [3.8, 4) is 0 Å². The molecule has 0 unspecified atom stereocenters. The first kappa shape index (κ1) is 29.8. The zero-order valence-electron chi connectivity index (χ0n) is 19.4. The molecule has 170 valence electrons. The maximum Gasteiger partial charge on any atom is 2.00 e. The van der Waals surface area contributed by atoms with Crippen molar-refractivity contribution in [1.29, 1.82) is 0 Å². The van der Waals surface area contributed by atoms with Crippen molar-refractivity contribution < 1.29 is 17.1 Å². The average Bonchev–Trinajstić information content (AvgIpc) is 2.73. The third kappa shape index (κ3) is 7.15. The Labute approximate surface area is 209 Å². The van der Waals surface area contributed by atoms with Crippen LogP contribution in [0.5, 0.6) is 0 Å². The second kappa shape index (κ2) is 13.3. The van der Waals surface area contributed by atoms with Crippen molar-refractivity contribution in [2.45, 2.75) is 46.5 Å². The second-order valence-electron chi connectivity index (χ2n) is 7.91. The normalized spacial score (nSPS) is 9.97. The van der Waals surface area contributed by atoms with Crippen LogP contribution < -0.4 is 6.15 Å². The summed E-state index contributed by atoms with van der Waals surface area (Å²) in [4.78, 5) is 9.10. The van der Waals surface area contributed by atoms with Gasteiger partial charge in [-0.15, -0.1) is 24.2 Å². The van der Waals surface area contributed by atoms with Gasteiger partial charge in [-0.1, -0.05) is 45.9 Å². The van der Waals surface area contributed by atoms with E-state index in [-0.39, 0.29) is 35.6 Å². The van der Waals surface area contributed by atoms with E-state index in [1.54, 1.807) is 0 Å². The van der Waals surface area contributed by atoms with Crippen molar-refractivity contribution in [3.63, 3.8) is 0 Å². The molecule has 0 aliphatic rings. The molecule has 0 amide bonds. The summed E-state index contributed by atoms with van der Waals surface area (Å²) in [6, 6.07) is 22.0. The number of hydrogen-bond acceptors (Lipinski definition) is 3. The van der Waals surface area contributed by atoms with Gasteiger partial charge in [0.2, 0.25) is 0 Å². The van der Waals surface area contributed by atoms with Crippen molar-refractivity contribution in [2.24, 2.45) is 0 Å². The molecule has 3 nitrogen and oxygen atoms in total. The van der Waals surface area contributed by atoms with Gasteiger partial charge in [-0.3, -0.25) is 9.97 Å². The van der Waals surface area contributed by atoms with Gasteiger partial charge in [0.15, 0.2) is 0 Å². The summed E-state index contributed by atoms with van der Waals surface area (Å²) < 4.78 is 0. The van der Waals surface area contributed by atoms with E-state index in [4.69, 9.17) is 0 Å². The largest absolute Gasteiger partial charge is 2.00 e. The van der Waals surface area contributed by atoms with Crippen LogP contribution >= 0.6 is 12.4 Å². The summed E-state index contributed by atoms with van der Waals surface area (Å²) in [6.45, 7) is 14.4. The Morgan fingerprint density at radius 2 is 1.25 bits per heavy atom. The molecule has 0 bridgehead atoms. The van der Waals surface area contributed by atoms with Crippen LogP contribution in [0.4, 0.5) is 0 Å². The molecular weight excluding hydrogens is 458 g/mol. The van der Waals surface area contributed by atoms with E-state index >= 15 is 0 Å². The summed E-state index contributed by atoms with van der Waals surface area (Å²) >= 11 is 0. The predicted molar refractivity (Wildman–Crippen MR) is 135 cm³/mol. The quantitative estimate of drug-likeness (QED) is 0.182. The zero-order chi connectivity index (χ0) is 21.0. The first-order chi connectivity index (χ1) is 13.9. The Kier molecular flexibility index (Phi) is 12.4. The fourth-order valence-corrected chi connectivity index (χ4v) is 3.14. The monoisotopic (exact) mass is 489 g/mol. The molecule has 4 rings (SSSR count). The topological polar surface area (TPSA) is 60.8 Å². The number of nitrogens with zero attached hydrogens (tertiary/aromatic N) is 2. The van der Waals surface area contributed by atoms with E-state index in [1.165, 1.54) is 11.1 Å². The Bertz CT molecular complexity index is 1130. The van der Waals surface area contributed by atoms with Gasteiger partial charge in [0.25, 0.3) is 0 Å². The Morgan fingerprint density at radius 3 is 1.75 bits per heavy atom. The molecule has 3 N–H and O–H groups in total. The van der Waals surface area contributed by atoms with Gasteiger partial charge >= 0.3 is 17.1 Å². The summed E-state index contributed by atoms with van der Waals surface area (Å²) in [6.07, 6.45) is 2.81. The van der Waals surface area contributed by atoms with Crippen LogP contribution in [0.1, 0.15) is 62.0 Å². The first-order valence-electron chi connectivity index (χ1n) is 10.1. The number of benzene rings is 2. The van der Waals surface area contributed by atoms with E-state index in [1.807, 2.05) is 25.1 Å². The number of pyridine rings is 2. The average molecular weight is 490 g/mol. The van der Waals surface area contributed by atoms with Gasteiger partial charge in [-0.25, -0.2) is 6.08 Å². The molecule has 0 fully saturated rings. The van der Waals surface area contributed by atoms with Crippen LogP contribution in [-0.4, -0.2) is 9.97 Å². The molecule has 32 heavy (non-hydrogen) atoms. The number of halogens is 1. The van der Waals surface area contributed by atoms with Gasteiger partial charge < -0.3 is 6.15 Å². The summed E-state index contributed by atoms with van der Waals surface area (Å²) in [5.41, 5.74) is 6.26. The molecule has 0 saturated carbocycles. The van der Waals surface area contributed by atoms with Crippen molar-refractivity contribution in [1.82, 2.24) is 16.1 Å². The van der Waals surface area contributed by atoms with Crippen LogP contribution in [0.25, 0.3) is 21.8 Å². The van der Waals surface area contributed by atoms with Gasteiger partial charge in [-0.05, 0) is 30.2 Å². The molecular formula is C27H32ClFeN3. The van der Waals surface area contributed by atoms with E-state index < -0.39 is 0 Å². The van der Waals surface area contributed by atoms with Crippen molar-refractivity contribution in [3.05, 3.63) is 95.8 Å². The van der Waals surface area contributed by atoms with Gasteiger partial charge in [0, 0.05) is 11.1 Å². The fourth-order valence-electron chi connectivity index (χ4n) is 3.14. The number of aromatic nitrogens is 2. The van der Waals surface area contributed by atoms with Gasteiger partial charge in [0.1, 0.15) is 0 Å². The molecule has 5 heteroatoms. The number of rotatable bonds is 3. The zero-order valence-corrected chi connectivity index (χ0v) is 21.3. The van der Waals surface area contributed by atoms with Crippen LogP contribution in [0.3, 0.4) is 0 Å². The van der Waals surface area contributed by atoms with Gasteiger partial charge in [-0.2, -0.15) is 48.0 Å². The maximum atomic E-state index is 4.57. The van der Waals surface area contributed by atoms with Crippen LogP contribution in [0.15, 0.2) is 61.2 Å². The smallest absolute Gasteiger partial charge is 0.344 e. The summed E-state index contributed by atoms with van der Waals surface area (Å²) in [7, 11) is 0. The first-order valence-corrected chi connectivity index (χ1v) is 10.1. The van der Waals surface area contributed by atoms with Crippen molar-refractivity contribution >= 4 is 34.2 Å². The van der Waals surface area contributed by atoms with Crippen LogP contribution in [0.2, 0.25) is 0 Å².